The summed E-state index contributed by atoms with van der Waals surface area (Å²) in [6.45, 7) is 2.24. The molecular formula is C11H17ClN2O2S. The average Bonchev–Trinajstić information content (AvgIpc) is 2.79. The zero-order valence-electron chi connectivity index (χ0n) is 9.64. The number of nitrogens with one attached hydrogen (secondary N) is 1. The highest BCUT2D eigenvalue weighted by atomic mass is 35.5. The van der Waals surface area contributed by atoms with Gasteiger partial charge in [-0.2, -0.15) is 0 Å². The molecule has 0 saturated heterocycles. The Balaban J connectivity index is 0.00000256. The number of amides is 1. The molecule has 1 amide bonds. The lowest BCUT2D eigenvalue weighted by atomic mass is 10.2. The van der Waals surface area contributed by atoms with Gasteiger partial charge in [-0.05, 0) is 18.4 Å². The molecule has 4 nitrogen and oxygen atoms in total. The van der Waals surface area contributed by atoms with Crippen molar-refractivity contribution in [2.45, 2.75) is 25.8 Å². The van der Waals surface area contributed by atoms with E-state index in [2.05, 4.69) is 5.32 Å². The molecule has 0 spiro atoms. The quantitative estimate of drug-likeness (QED) is 0.775. The van der Waals surface area contributed by atoms with Gasteiger partial charge in [-0.1, -0.05) is 6.07 Å². The first kappa shape index (κ1) is 16.1. The van der Waals surface area contributed by atoms with Crippen LogP contribution in [-0.2, 0) is 4.79 Å². The minimum absolute atomic E-state index is 0. The minimum atomic E-state index is -0.122. The number of rotatable bonds is 6. The lowest BCUT2D eigenvalue weighted by Gasteiger charge is -2.10. The highest BCUT2D eigenvalue weighted by Crippen LogP contribution is 2.12. The molecule has 0 fully saturated rings. The van der Waals surface area contributed by atoms with Gasteiger partial charge in [-0.15, -0.1) is 23.7 Å². The fourth-order valence-corrected chi connectivity index (χ4v) is 1.89. The molecule has 1 aromatic rings. The third-order valence-electron chi connectivity index (χ3n) is 2.14. The SMILES string of the molecule is C[C@@H](CN)NC(=O)CCC(=O)c1cccs1.Cl. The van der Waals surface area contributed by atoms with Crippen LogP contribution in [0.15, 0.2) is 17.5 Å². The van der Waals surface area contributed by atoms with Crippen LogP contribution in [0.4, 0.5) is 0 Å². The van der Waals surface area contributed by atoms with Crippen molar-refractivity contribution >= 4 is 35.4 Å². The Kier molecular flexibility index (Phi) is 7.78. The first-order valence-corrected chi connectivity index (χ1v) is 6.07. The van der Waals surface area contributed by atoms with E-state index >= 15 is 0 Å². The molecule has 0 aliphatic heterocycles. The van der Waals surface area contributed by atoms with Gasteiger partial charge in [-0.25, -0.2) is 0 Å². The molecule has 0 radical (unpaired) electrons. The molecule has 0 unspecified atom stereocenters. The molecule has 0 aliphatic rings. The maximum atomic E-state index is 11.6. The number of thiophene rings is 1. The number of nitrogens with two attached hydrogens (primary N) is 1. The topological polar surface area (TPSA) is 72.2 Å². The van der Waals surface area contributed by atoms with Gasteiger partial charge in [-0.3, -0.25) is 9.59 Å². The van der Waals surface area contributed by atoms with E-state index in [9.17, 15) is 9.59 Å². The van der Waals surface area contributed by atoms with E-state index in [0.29, 0.717) is 11.4 Å². The zero-order valence-corrected chi connectivity index (χ0v) is 11.3. The highest BCUT2D eigenvalue weighted by Gasteiger charge is 2.11. The van der Waals surface area contributed by atoms with Crippen molar-refractivity contribution in [3.8, 4) is 0 Å². The molecule has 1 rings (SSSR count). The number of ketones is 1. The molecule has 6 heteroatoms. The minimum Gasteiger partial charge on any atom is -0.352 e. The molecule has 0 aromatic carbocycles. The van der Waals surface area contributed by atoms with Crippen LogP contribution in [-0.4, -0.2) is 24.3 Å². The second kappa shape index (κ2) is 8.22. The molecule has 0 bridgehead atoms. The predicted molar refractivity (Wildman–Crippen MR) is 71.8 cm³/mol. The first-order chi connectivity index (χ1) is 7.63. The van der Waals surface area contributed by atoms with Gasteiger partial charge in [0.25, 0.3) is 0 Å². The molecule has 17 heavy (non-hydrogen) atoms. The van der Waals surface area contributed by atoms with Gasteiger partial charge in [0, 0.05) is 25.4 Å². The van der Waals surface area contributed by atoms with Crippen molar-refractivity contribution in [3.63, 3.8) is 0 Å². The second-order valence-corrected chi connectivity index (χ2v) is 4.55. The third kappa shape index (κ3) is 5.81. The second-order valence-electron chi connectivity index (χ2n) is 3.60. The van der Waals surface area contributed by atoms with Crippen LogP contribution in [0.5, 0.6) is 0 Å². The van der Waals surface area contributed by atoms with E-state index in [1.807, 2.05) is 18.4 Å². The molecule has 96 valence electrons. The van der Waals surface area contributed by atoms with Gasteiger partial charge in [0.15, 0.2) is 5.78 Å². The van der Waals surface area contributed by atoms with Crippen LogP contribution in [0.1, 0.15) is 29.4 Å². The van der Waals surface area contributed by atoms with Crippen LogP contribution in [0.2, 0.25) is 0 Å². The summed E-state index contributed by atoms with van der Waals surface area (Å²) in [5.74, 6) is -0.103. The summed E-state index contributed by atoms with van der Waals surface area (Å²) in [5.41, 5.74) is 5.37. The average molecular weight is 277 g/mol. The summed E-state index contributed by atoms with van der Waals surface area (Å²) in [6.07, 6.45) is 0.477. The first-order valence-electron chi connectivity index (χ1n) is 5.19. The standard InChI is InChI=1S/C11H16N2O2S.ClH/c1-8(7-12)13-11(15)5-4-9(14)10-3-2-6-16-10;/h2-3,6,8H,4-5,7,12H2,1H3,(H,13,15);1H/t8-;/m0./s1. The molecule has 1 aromatic heterocycles. The van der Waals surface area contributed by atoms with Crippen LogP contribution in [0.3, 0.4) is 0 Å². The van der Waals surface area contributed by atoms with Gasteiger partial charge in [0.05, 0.1) is 4.88 Å². The van der Waals surface area contributed by atoms with Gasteiger partial charge < -0.3 is 11.1 Å². The normalized spacial score (nSPS) is 11.4. The highest BCUT2D eigenvalue weighted by molar-refractivity contribution is 7.12. The summed E-state index contributed by atoms with van der Waals surface area (Å²) in [6, 6.07) is 3.56. The number of carbonyl (C=O) groups excluding carboxylic acids is 2. The van der Waals surface area contributed by atoms with Crippen molar-refractivity contribution in [1.82, 2.24) is 5.32 Å². The van der Waals surface area contributed by atoms with Gasteiger partial charge in [0.1, 0.15) is 0 Å². The maximum absolute atomic E-state index is 11.6. The molecule has 0 aliphatic carbocycles. The number of hydrogen-bond donors (Lipinski definition) is 2. The zero-order chi connectivity index (χ0) is 12.0. The summed E-state index contributed by atoms with van der Waals surface area (Å²) in [7, 11) is 0. The van der Waals surface area contributed by atoms with Crippen LogP contribution < -0.4 is 11.1 Å². The third-order valence-corrected chi connectivity index (χ3v) is 3.05. The summed E-state index contributed by atoms with van der Waals surface area (Å²) in [5, 5.41) is 4.57. The fourth-order valence-electron chi connectivity index (χ4n) is 1.19. The van der Waals surface area contributed by atoms with Crippen molar-refractivity contribution < 1.29 is 9.59 Å². The Labute approximate surface area is 111 Å². The largest absolute Gasteiger partial charge is 0.352 e. The van der Waals surface area contributed by atoms with E-state index in [0.717, 1.165) is 0 Å². The predicted octanol–water partition coefficient (Wildman–Crippen LogP) is 1.60. The van der Waals surface area contributed by atoms with Crippen molar-refractivity contribution in [2.75, 3.05) is 6.54 Å². The molecular weight excluding hydrogens is 260 g/mol. The van der Waals surface area contributed by atoms with E-state index in [-0.39, 0.29) is 43.0 Å². The van der Waals surface area contributed by atoms with Crippen molar-refractivity contribution in [2.24, 2.45) is 5.73 Å². The number of hydrogen-bond acceptors (Lipinski definition) is 4. The maximum Gasteiger partial charge on any atom is 0.220 e. The van der Waals surface area contributed by atoms with Crippen molar-refractivity contribution in [1.29, 1.82) is 0 Å². The molecule has 1 atom stereocenters. The molecule has 1 heterocycles. The lowest BCUT2D eigenvalue weighted by Crippen LogP contribution is -2.37. The number of Topliss-reactive ketones (excluding diaryl/α,β-unsaturated/α-hetero) is 1. The van der Waals surface area contributed by atoms with Crippen LogP contribution >= 0.6 is 23.7 Å². The van der Waals surface area contributed by atoms with Crippen molar-refractivity contribution in [3.05, 3.63) is 22.4 Å². The Morgan fingerprint density at radius 3 is 2.71 bits per heavy atom. The van der Waals surface area contributed by atoms with E-state index in [4.69, 9.17) is 5.73 Å². The van der Waals surface area contributed by atoms with E-state index in [1.165, 1.54) is 11.3 Å². The Morgan fingerprint density at radius 1 is 1.47 bits per heavy atom. The van der Waals surface area contributed by atoms with Gasteiger partial charge in [0.2, 0.25) is 5.91 Å². The number of carbonyl (C=O) groups is 2. The number of halogens is 1. The lowest BCUT2D eigenvalue weighted by molar-refractivity contribution is -0.121. The monoisotopic (exact) mass is 276 g/mol. The Morgan fingerprint density at radius 2 is 2.18 bits per heavy atom. The molecule has 3 N–H and O–H groups in total. The van der Waals surface area contributed by atoms with Crippen LogP contribution in [0, 0.1) is 0 Å². The van der Waals surface area contributed by atoms with Crippen LogP contribution in [0.25, 0.3) is 0 Å². The van der Waals surface area contributed by atoms with E-state index in [1.54, 1.807) is 6.07 Å². The summed E-state index contributed by atoms with van der Waals surface area (Å²) < 4.78 is 0. The smallest absolute Gasteiger partial charge is 0.220 e. The summed E-state index contributed by atoms with van der Waals surface area (Å²) in [4.78, 5) is 23.7. The molecule has 0 saturated carbocycles. The fraction of sp³-hybridized carbons (Fsp3) is 0.455. The van der Waals surface area contributed by atoms with Gasteiger partial charge >= 0.3 is 0 Å². The Hall–Kier alpha value is -0.910. The summed E-state index contributed by atoms with van der Waals surface area (Å²) >= 11 is 1.40. The Bertz CT molecular complexity index is 354. The van der Waals surface area contributed by atoms with E-state index < -0.39 is 0 Å².